The number of nitrogens with two attached hydrogens (primary N) is 1. The van der Waals surface area contributed by atoms with Crippen molar-refractivity contribution in [2.75, 3.05) is 18.0 Å². The van der Waals surface area contributed by atoms with Crippen LogP contribution in [-0.4, -0.2) is 23.9 Å². The molecule has 0 radical (unpaired) electrons. The number of anilines is 1. The Hall–Kier alpha value is -1.86. The quantitative estimate of drug-likeness (QED) is 0.618. The highest BCUT2D eigenvalue weighted by atomic mass is 35.5. The van der Waals surface area contributed by atoms with Crippen molar-refractivity contribution in [3.05, 3.63) is 68.2 Å². The van der Waals surface area contributed by atoms with Crippen LogP contribution < -0.4 is 10.6 Å². The molecule has 9 heteroatoms. The molecular formula is C15H14Cl3N3O3. The Balaban J connectivity index is 0.00000288. The molecule has 0 bridgehead atoms. The maximum Gasteiger partial charge on any atom is 0.288 e. The average Bonchev–Trinajstić information content (AvgIpc) is 2.53. The minimum Gasteiger partial charge on any atom is -0.329 e. The summed E-state index contributed by atoms with van der Waals surface area (Å²) in [5, 5.41) is 11.5. The zero-order valence-electron chi connectivity index (χ0n) is 12.3. The molecule has 0 aromatic heterocycles. The summed E-state index contributed by atoms with van der Waals surface area (Å²) in [7, 11) is 0. The summed E-state index contributed by atoms with van der Waals surface area (Å²) in [6, 6.07) is 10.6. The molecule has 0 heterocycles. The summed E-state index contributed by atoms with van der Waals surface area (Å²) in [6.07, 6.45) is 0. The summed E-state index contributed by atoms with van der Waals surface area (Å²) >= 11 is 11.6. The van der Waals surface area contributed by atoms with Crippen LogP contribution in [0.3, 0.4) is 0 Å². The van der Waals surface area contributed by atoms with Crippen molar-refractivity contribution in [3.8, 4) is 0 Å². The van der Waals surface area contributed by atoms with Crippen molar-refractivity contribution in [2.24, 2.45) is 5.73 Å². The Morgan fingerprint density at radius 2 is 1.79 bits per heavy atom. The number of hydrogen-bond donors (Lipinski definition) is 1. The SMILES string of the molecule is Cl.NCCN(C(=O)c1ccc(Cl)c([N+](=O)[O-])c1)c1ccc(Cl)cc1. The van der Waals surface area contributed by atoms with E-state index in [4.69, 9.17) is 28.9 Å². The summed E-state index contributed by atoms with van der Waals surface area (Å²) in [5.41, 5.74) is 6.00. The van der Waals surface area contributed by atoms with Crippen molar-refractivity contribution in [1.82, 2.24) is 0 Å². The van der Waals surface area contributed by atoms with E-state index in [9.17, 15) is 14.9 Å². The van der Waals surface area contributed by atoms with Gasteiger partial charge in [-0.1, -0.05) is 23.2 Å². The molecule has 2 N–H and O–H groups in total. The van der Waals surface area contributed by atoms with Crippen molar-refractivity contribution < 1.29 is 9.72 Å². The maximum atomic E-state index is 12.7. The van der Waals surface area contributed by atoms with Crippen molar-refractivity contribution in [3.63, 3.8) is 0 Å². The molecule has 0 aliphatic heterocycles. The van der Waals surface area contributed by atoms with Crippen LogP contribution in [0.5, 0.6) is 0 Å². The molecule has 0 saturated carbocycles. The van der Waals surface area contributed by atoms with Gasteiger partial charge in [0.2, 0.25) is 0 Å². The molecule has 0 fully saturated rings. The second-order valence-electron chi connectivity index (χ2n) is 4.65. The number of rotatable bonds is 5. The van der Waals surface area contributed by atoms with E-state index in [-0.39, 0.29) is 41.8 Å². The first kappa shape index (κ1) is 20.2. The molecule has 24 heavy (non-hydrogen) atoms. The second-order valence-corrected chi connectivity index (χ2v) is 5.49. The zero-order chi connectivity index (χ0) is 17.0. The molecule has 0 saturated heterocycles. The lowest BCUT2D eigenvalue weighted by Crippen LogP contribution is -2.35. The monoisotopic (exact) mass is 389 g/mol. The first-order chi connectivity index (χ1) is 10.9. The number of nitrogens with zero attached hydrogens (tertiary/aromatic N) is 2. The largest absolute Gasteiger partial charge is 0.329 e. The van der Waals surface area contributed by atoms with Gasteiger partial charge in [0.25, 0.3) is 11.6 Å². The first-order valence-electron chi connectivity index (χ1n) is 6.65. The van der Waals surface area contributed by atoms with Gasteiger partial charge in [-0.2, -0.15) is 0 Å². The van der Waals surface area contributed by atoms with Gasteiger partial charge < -0.3 is 10.6 Å². The smallest absolute Gasteiger partial charge is 0.288 e. The van der Waals surface area contributed by atoms with E-state index in [1.54, 1.807) is 24.3 Å². The minimum absolute atomic E-state index is 0. The number of amides is 1. The normalized spacial score (nSPS) is 9.96. The molecule has 0 aliphatic rings. The number of benzene rings is 2. The standard InChI is InChI=1S/C15H13Cl2N3O3.ClH/c16-11-2-4-12(5-3-11)19(8-7-18)15(21)10-1-6-13(17)14(9-10)20(22)23;/h1-6,9H,7-8,18H2;1H. The van der Waals surface area contributed by atoms with E-state index >= 15 is 0 Å². The van der Waals surface area contributed by atoms with E-state index < -0.39 is 10.8 Å². The third kappa shape index (κ3) is 4.58. The molecule has 2 aromatic carbocycles. The Labute approximate surface area is 154 Å². The van der Waals surface area contributed by atoms with Crippen LogP contribution in [0, 0.1) is 10.1 Å². The van der Waals surface area contributed by atoms with E-state index in [2.05, 4.69) is 0 Å². The second kappa shape index (κ2) is 8.84. The molecule has 2 rings (SSSR count). The molecule has 0 spiro atoms. The molecule has 0 aliphatic carbocycles. The van der Waals surface area contributed by atoms with Crippen LogP contribution >= 0.6 is 35.6 Å². The van der Waals surface area contributed by atoms with Gasteiger partial charge >= 0.3 is 0 Å². The Morgan fingerprint density at radius 3 is 2.33 bits per heavy atom. The molecule has 2 aromatic rings. The van der Waals surface area contributed by atoms with E-state index in [0.717, 1.165) is 6.07 Å². The van der Waals surface area contributed by atoms with Crippen molar-refractivity contribution >= 4 is 52.9 Å². The predicted octanol–water partition coefficient (Wildman–Crippen LogP) is 3.93. The van der Waals surface area contributed by atoms with Gasteiger partial charge in [-0.15, -0.1) is 12.4 Å². The third-order valence-corrected chi connectivity index (χ3v) is 3.70. The fourth-order valence-corrected chi connectivity index (χ4v) is 2.35. The minimum atomic E-state index is -0.630. The number of carbonyl (C=O) groups is 1. The number of nitro benzene ring substituents is 1. The van der Waals surface area contributed by atoms with Crippen LogP contribution in [0.25, 0.3) is 0 Å². The molecule has 0 atom stereocenters. The van der Waals surface area contributed by atoms with Gasteiger partial charge in [-0.05, 0) is 36.4 Å². The van der Waals surface area contributed by atoms with Gasteiger partial charge in [0, 0.05) is 35.4 Å². The number of hydrogen-bond acceptors (Lipinski definition) is 4. The van der Waals surface area contributed by atoms with E-state index in [1.807, 2.05) is 0 Å². The Morgan fingerprint density at radius 1 is 1.17 bits per heavy atom. The molecular weight excluding hydrogens is 377 g/mol. The van der Waals surface area contributed by atoms with Gasteiger partial charge in [-0.3, -0.25) is 14.9 Å². The lowest BCUT2D eigenvalue weighted by Gasteiger charge is -2.22. The van der Waals surface area contributed by atoms with Gasteiger partial charge in [-0.25, -0.2) is 0 Å². The van der Waals surface area contributed by atoms with Crippen molar-refractivity contribution in [2.45, 2.75) is 0 Å². The fraction of sp³-hybridized carbons (Fsp3) is 0.133. The summed E-state index contributed by atoms with van der Waals surface area (Å²) in [5.74, 6) is -0.405. The Bertz CT molecular complexity index is 738. The van der Waals surface area contributed by atoms with Crippen LogP contribution in [0.15, 0.2) is 42.5 Å². The summed E-state index contributed by atoms with van der Waals surface area (Å²) in [6.45, 7) is 0.501. The molecule has 0 unspecified atom stereocenters. The fourth-order valence-electron chi connectivity index (χ4n) is 2.04. The van der Waals surface area contributed by atoms with Gasteiger partial charge in [0.05, 0.1) is 4.92 Å². The highest BCUT2D eigenvalue weighted by molar-refractivity contribution is 6.32. The zero-order valence-corrected chi connectivity index (χ0v) is 14.6. The highest BCUT2D eigenvalue weighted by Crippen LogP contribution is 2.27. The van der Waals surface area contributed by atoms with Crippen LogP contribution in [0.4, 0.5) is 11.4 Å². The van der Waals surface area contributed by atoms with Gasteiger partial charge in [0.1, 0.15) is 5.02 Å². The first-order valence-corrected chi connectivity index (χ1v) is 7.41. The summed E-state index contributed by atoms with van der Waals surface area (Å²) < 4.78 is 0. The number of halogens is 3. The van der Waals surface area contributed by atoms with Crippen LogP contribution in [0.2, 0.25) is 10.0 Å². The Kier molecular flexibility index (Phi) is 7.44. The number of nitro groups is 1. The topological polar surface area (TPSA) is 89.5 Å². The summed E-state index contributed by atoms with van der Waals surface area (Å²) in [4.78, 5) is 24.4. The van der Waals surface area contributed by atoms with Gasteiger partial charge in [0.15, 0.2) is 0 Å². The van der Waals surface area contributed by atoms with Crippen LogP contribution in [0.1, 0.15) is 10.4 Å². The van der Waals surface area contributed by atoms with E-state index in [0.29, 0.717) is 10.7 Å². The molecule has 6 nitrogen and oxygen atoms in total. The predicted molar refractivity (Wildman–Crippen MR) is 97.5 cm³/mol. The third-order valence-electron chi connectivity index (χ3n) is 3.13. The molecule has 128 valence electrons. The lowest BCUT2D eigenvalue weighted by atomic mass is 10.1. The van der Waals surface area contributed by atoms with E-state index in [1.165, 1.54) is 17.0 Å². The van der Waals surface area contributed by atoms with Crippen LogP contribution in [-0.2, 0) is 0 Å². The highest BCUT2D eigenvalue weighted by Gasteiger charge is 2.21. The average molecular weight is 391 g/mol. The molecule has 1 amide bonds. The van der Waals surface area contributed by atoms with Crippen molar-refractivity contribution in [1.29, 1.82) is 0 Å². The number of carbonyl (C=O) groups excluding carboxylic acids is 1. The lowest BCUT2D eigenvalue weighted by molar-refractivity contribution is -0.384. The maximum absolute atomic E-state index is 12.7.